The summed E-state index contributed by atoms with van der Waals surface area (Å²) in [5.74, 6) is -0.362. The fourth-order valence-electron chi connectivity index (χ4n) is 2.74. The Morgan fingerprint density at radius 1 is 1.14 bits per heavy atom. The first-order chi connectivity index (χ1) is 13.1. The summed E-state index contributed by atoms with van der Waals surface area (Å²) < 4.78 is 32.3. The smallest absolute Gasteiger partial charge is 0.338 e. The van der Waals surface area contributed by atoms with Crippen LogP contribution in [0.2, 0.25) is 0 Å². The van der Waals surface area contributed by atoms with Gasteiger partial charge in [0.1, 0.15) is 0 Å². The highest BCUT2D eigenvalue weighted by Gasteiger charge is 2.28. The molecule has 7 nitrogen and oxygen atoms in total. The topological polar surface area (TPSA) is 92.8 Å². The van der Waals surface area contributed by atoms with Crippen molar-refractivity contribution in [1.29, 1.82) is 0 Å². The van der Waals surface area contributed by atoms with Crippen LogP contribution in [0.5, 0.6) is 0 Å². The van der Waals surface area contributed by atoms with E-state index in [4.69, 9.17) is 4.74 Å². The van der Waals surface area contributed by atoms with Crippen LogP contribution in [0.3, 0.4) is 0 Å². The Morgan fingerprint density at radius 3 is 2.29 bits per heavy atom. The second-order valence-electron chi connectivity index (χ2n) is 8.09. The normalized spacial score (nSPS) is 14.4. The van der Waals surface area contributed by atoms with Crippen LogP contribution in [0.15, 0.2) is 29.2 Å². The maximum Gasteiger partial charge on any atom is 0.338 e. The fourth-order valence-corrected chi connectivity index (χ4v) is 4.09. The van der Waals surface area contributed by atoms with Crippen molar-refractivity contribution >= 4 is 21.9 Å². The molecule has 0 saturated heterocycles. The van der Waals surface area contributed by atoms with E-state index in [1.807, 2.05) is 27.7 Å². The molecule has 0 radical (unpaired) electrons. The van der Waals surface area contributed by atoms with E-state index in [0.29, 0.717) is 24.9 Å². The zero-order valence-corrected chi connectivity index (χ0v) is 17.8. The summed E-state index contributed by atoms with van der Waals surface area (Å²) in [5, 5.41) is 0. The average molecular weight is 411 g/mol. The number of hydrogen-bond acceptors (Lipinski definition) is 5. The predicted octanol–water partition coefficient (Wildman–Crippen LogP) is 2.42. The largest absolute Gasteiger partial charge is 0.452 e. The van der Waals surface area contributed by atoms with E-state index in [0.717, 1.165) is 12.8 Å². The van der Waals surface area contributed by atoms with E-state index in [-0.39, 0.29) is 29.0 Å². The van der Waals surface area contributed by atoms with Crippen molar-refractivity contribution in [1.82, 2.24) is 9.62 Å². The first-order valence-corrected chi connectivity index (χ1v) is 11.1. The molecule has 0 bridgehead atoms. The Morgan fingerprint density at radius 2 is 1.75 bits per heavy atom. The molecule has 1 aliphatic rings. The SMILES string of the molecule is CC(C)CN(CC(C)C)C(=O)COC(=O)c1cccc(S(=O)(=O)NC2CC2)c1. The monoisotopic (exact) mass is 410 g/mol. The molecule has 1 saturated carbocycles. The molecule has 156 valence electrons. The number of rotatable bonds is 10. The molecule has 0 spiro atoms. The summed E-state index contributed by atoms with van der Waals surface area (Å²) in [6.45, 7) is 8.91. The molecule has 0 unspecified atom stereocenters. The molecule has 0 atom stereocenters. The van der Waals surface area contributed by atoms with Crippen molar-refractivity contribution in [2.24, 2.45) is 11.8 Å². The van der Waals surface area contributed by atoms with E-state index in [9.17, 15) is 18.0 Å². The summed E-state index contributed by atoms with van der Waals surface area (Å²) in [4.78, 5) is 26.5. The Kier molecular flexibility index (Phi) is 7.60. The Hall–Kier alpha value is -1.93. The summed E-state index contributed by atoms with van der Waals surface area (Å²) in [6.07, 6.45) is 1.65. The van der Waals surface area contributed by atoms with Gasteiger partial charge in [0.2, 0.25) is 10.0 Å². The van der Waals surface area contributed by atoms with E-state index < -0.39 is 16.0 Å². The van der Waals surface area contributed by atoms with Crippen LogP contribution < -0.4 is 4.72 Å². The predicted molar refractivity (Wildman–Crippen MR) is 106 cm³/mol. The number of ether oxygens (including phenoxy) is 1. The Bertz CT molecular complexity index is 791. The third-order valence-corrected chi connectivity index (χ3v) is 5.65. The molecule has 1 fully saturated rings. The van der Waals surface area contributed by atoms with E-state index in [1.165, 1.54) is 24.3 Å². The van der Waals surface area contributed by atoms with Crippen molar-refractivity contribution < 1.29 is 22.7 Å². The summed E-state index contributed by atoms with van der Waals surface area (Å²) >= 11 is 0. The quantitative estimate of drug-likeness (QED) is 0.598. The van der Waals surface area contributed by atoms with Crippen molar-refractivity contribution in [3.63, 3.8) is 0 Å². The average Bonchev–Trinajstić information content (AvgIpc) is 3.41. The highest BCUT2D eigenvalue weighted by atomic mass is 32.2. The van der Waals surface area contributed by atoms with Crippen LogP contribution in [0, 0.1) is 11.8 Å². The minimum atomic E-state index is -3.66. The lowest BCUT2D eigenvalue weighted by atomic mass is 10.1. The minimum absolute atomic E-state index is 0.0152. The van der Waals surface area contributed by atoms with Crippen LogP contribution in [0.25, 0.3) is 0 Å². The number of amides is 1. The maximum atomic E-state index is 12.4. The van der Waals surface area contributed by atoms with Gasteiger partial charge in [-0.25, -0.2) is 17.9 Å². The molecule has 28 heavy (non-hydrogen) atoms. The number of nitrogens with one attached hydrogen (secondary N) is 1. The number of carbonyl (C=O) groups is 2. The third kappa shape index (κ3) is 6.91. The molecule has 1 aromatic rings. The molecule has 8 heteroatoms. The van der Waals surface area contributed by atoms with Gasteiger partial charge < -0.3 is 9.64 Å². The lowest BCUT2D eigenvalue weighted by Gasteiger charge is -2.26. The van der Waals surface area contributed by atoms with Gasteiger partial charge in [0, 0.05) is 19.1 Å². The number of benzene rings is 1. The van der Waals surface area contributed by atoms with Gasteiger partial charge >= 0.3 is 5.97 Å². The summed E-state index contributed by atoms with van der Waals surface area (Å²) in [7, 11) is -3.66. The van der Waals surface area contributed by atoms with Gasteiger partial charge in [-0.3, -0.25) is 4.79 Å². The number of esters is 1. The highest BCUT2D eigenvalue weighted by Crippen LogP contribution is 2.22. The second kappa shape index (κ2) is 9.52. The number of carbonyl (C=O) groups excluding carboxylic acids is 2. The standard InChI is InChI=1S/C20H30N2O5S/c1-14(2)11-22(12-15(3)4)19(23)13-27-20(24)16-6-5-7-18(10-16)28(25,26)21-17-8-9-17/h5-7,10,14-15,17,21H,8-9,11-13H2,1-4H3. The molecule has 1 N–H and O–H groups in total. The molecule has 0 aromatic heterocycles. The minimum Gasteiger partial charge on any atom is -0.452 e. The highest BCUT2D eigenvalue weighted by molar-refractivity contribution is 7.89. The van der Waals surface area contributed by atoms with Crippen LogP contribution >= 0.6 is 0 Å². The second-order valence-corrected chi connectivity index (χ2v) is 9.80. The molecule has 1 aliphatic carbocycles. The van der Waals surface area contributed by atoms with Gasteiger partial charge in [-0.2, -0.15) is 0 Å². The molecule has 0 aliphatic heterocycles. The van der Waals surface area contributed by atoms with Gasteiger partial charge in [0.25, 0.3) is 5.91 Å². The van der Waals surface area contributed by atoms with Crippen molar-refractivity contribution in [3.8, 4) is 0 Å². The van der Waals surface area contributed by atoms with Gasteiger partial charge in [0.15, 0.2) is 6.61 Å². The number of nitrogens with zero attached hydrogens (tertiary/aromatic N) is 1. The van der Waals surface area contributed by atoms with Crippen LogP contribution in [0.1, 0.15) is 50.9 Å². The van der Waals surface area contributed by atoms with E-state index in [2.05, 4.69) is 4.72 Å². The first-order valence-electron chi connectivity index (χ1n) is 9.65. The van der Waals surface area contributed by atoms with Crippen LogP contribution in [-0.2, 0) is 19.6 Å². The van der Waals surface area contributed by atoms with E-state index >= 15 is 0 Å². The van der Waals surface area contributed by atoms with Crippen LogP contribution in [-0.4, -0.2) is 50.9 Å². The lowest BCUT2D eigenvalue weighted by Crippen LogP contribution is -2.39. The summed E-state index contributed by atoms with van der Waals surface area (Å²) in [6, 6.07) is 5.65. The van der Waals surface area contributed by atoms with Crippen molar-refractivity contribution in [2.75, 3.05) is 19.7 Å². The molecular formula is C20H30N2O5S. The van der Waals surface area contributed by atoms with E-state index in [1.54, 1.807) is 4.90 Å². The van der Waals surface area contributed by atoms with Crippen molar-refractivity contribution in [2.45, 2.75) is 51.5 Å². The number of hydrogen-bond donors (Lipinski definition) is 1. The zero-order chi connectivity index (χ0) is 20.9. The van der Waals surface area contributed by atoms with Crippen LogP contribution in [0.4, 0.5) is 0 Å². The molecule has 0 heterocycles. The maximum absolute atomic E-state index is 12.4. The van der Waals surface area contributed by atoms with Gasteiger partial charge in [-0.1, -0.05) is 33.8 Å². The third-order valence-electron chi connectivity index (χ3n) is 4.13. The summed E-state index contributed by atoms with van der Waals surface area (Å²) in [5.41, 5.74) is 0.103. The first kappa shape index (κ1) is 22.4. The number of sulfonamides is 1. The molecule has 2 rings (SSSR count). The molecular weight excluding hydrogens is 380 g/mol. The Balaban J connectivity index is 2.00. The van der Waals surface area contributed by atoms with Crippen molar-refractivity contribution in [3.05, 3.63) is 29.8 Å². The fraction of sp³-hybridized carbons (Fsp3) is 0.600. The Labute approximate surface area is 167 Å². The molecule has 1 aromatic carbocycles. The van der Waals surface area contributed by atoms with Gasteiger partial charge in [-0.05, 0) is 42.9 Å². The van der Waals surface area contributed by atoms with Gasteiger partial charge in [0.05, 0.1) is 10.5 Å². The zero-order valence-electron chi connectivity index (χ0n) is 17.0. The van der Waals surface area contributed by atoms with Gasteiger partial charge in [-0.15, -0.1) is 0 Å². The lowest BCUT2D eigenvalue weighted by molar-refractivity contribution is -0.135. The molecule has 1 amide bonds.